The first-order valence-electron chi connectivity index (χ1n) is 24.1. The summed E-state index contributed by atoms with van der Waals surface area (Å²) >= 11 is 11.6. The number of carbonyl (C=O) groups is 6. The Morgan fingerprint density at radius 1 is 0.786 bits per heavy atom. The number of hydrogen-bond donors (Lipinski definition) is 3. The number of likely N-dealkylation sites (tertiary alicyclic amines) is 1. The summed E-state index contributed by atoms with van der Waals surface area (Å²) in [5, 5.41) is 10.2. The Kier molecular flexibility index (Phi) is 28.3. The molecule has 15 nitrogen and oxygen atoms in total. The molecular weight excluding hydrogens is 958 g/mol. The van der Waals surface area contributed by atoms with Gasteiger partial charge in [0.25, 0.3) is 11.8 Å². The molecular formula is C52H73Cl2N5O10S. The van der Waals surface area contributed by atoms with Crippen molar-refractivity contribution in [1.82, 2.24) is 20.4 Å². The summed E-state index contributed by atoms with van der Waals surface area (Å²) in [6.45, 7) is 12.8. The van der Waals surface area contributed by atoms with Gasteiger partial charge in [0.05, 0.1) is 49.6 Å². The Hall–Kier alpha value is -4.55. The number of fused-ring (bicyclic) bond motifs is 1. The number of rotatable bonds is 28. The summed E-state index contributed by atoms with van der Waals surface area (Å²) in [4.78, 5) is 76.3. The lowest BCUT2D eigenvalue weighted by Gasteiger charge is -2.45. The van der Waals surface area contributed by atoms with Crippen molar-refractivity contribution in [2.45, 2.75) is 96.0 Å². The second kappa shape index (κ2) is 33.2. The number of halogens is 2. The van der Waals surface area contributed by atoms with E-state index >= 15 is 0 Å². The van der Waals surface area contributed by atoms with Crippen molar-refractivity contribution in [3.05, 3.63) is 99.5 Å². The molecule has 18 heteroatoms. The van der Waals surface area contributed by atoms with Crippen molar-refractivity contribution < 1.29 is 47.2 Å². The SMILES string of the molecule is CC(C)C(CS(=O)C(C)C)N1C(=O)C(CC=O)CCC1c1ccc(Cl)cc1.CNCCCOCCOCCOCCCNc1cccc2c1C(=O)N(C(C=O)CCC(=O)NC)C2=O.Clc1ccccc1. The van der Waals surface area contributed by atoms with Crippen LogP contribution in [-0.2, 0) is 44.2 Å². The minimum absolute atomic E-state index is 0.00718. The van der Waals surface area contributed by atoms with Gasteiger partial charge in [0, 0.05) is 89.1 Å². The van der Waals surface area contributed by atoms with Gasteiger partial charge in [0.2, 0.25) is 11.8 Å². The third kappa shape index (κ3) is 19.6. The van der Waals surface area contributed by atoms with E-state index in [-0.39, 0.29) is 71.4 Å². The van der Waals surface area contributed by atoms with Crippen LogP contribution in [0.25, 0.3) is 0 Å². The number of hydrogen-bond acceptors (Lipinski definition) is 12. The number of piperidine rings is 1. The van der Waals surface area contributed by atoms with Gasteiger partial charge in [-0.25, -0.2) is 0 Å². The van der Waals surface area contributed by atoms with Crippen LogP contribution in [0.4, 0.5) is 5.69 Å². The molecule has 2 heterocycles. The molecule has 0 aromatic heterocycles. The van der Waals surface area contributed by atoms with Crippen molar-refractivity contribution in [2.75, 3.05) is 77.9 Å². The zero-order valence-corrected chi connectivity index (χ0v) is 43.8. The fourth-order valence-electron chi connectivity index (χ4n) is 7.80. The van der Waals surface area contributed by atoms with E-state index < -0.39 is 28.7 Å². The van der Waals surface area contributed by atoms with Crippen molar-refractivity contribution >= 4 is 75.9 Å². The molecule has 1 saturated heterocycles. The van der Waals surface area contributed by atoms with Gasteiger partial charge in [-0.1, -0.05) is 87.3 Å². The standard InChI is InChI=1S/C25H38N4O7.C21H30ClNO3S.C6H5Cl/c1-26-10-4-12-34-14-16-36-17-15-35-13-5-11-28-21-7-3-6-20-23(21)25(33)29(24(20)32)19(18-30)8-9-22(31)27-2;1-14(2)20(13-27(26)15(3)4)23-19(16-5-8-18(22)9-6-16)10-7-17(11-12-24)21(23)25;7-6-4-2-1-3-5-6/h3,6-7,18-19,26,28H,4-5,8-17H2,1-2H3,(H,27,31);5-6,8-9,12,14-15,17,19-20H,7,10-11,13H2,1-4H3;1-5H. The van der Waals surface area contributed by atoms with Crippen LogP contribution in [-0.4, -0.2) is 140 Å². The van der Waals surface area contributed by atoms with Gasteiger partial charge in [-0.15, -0.1) is 0 Å². The highest BCUT2D eigenvalue weighted by molar-refractivity contribution is 7.85. The highest BCUT2D eigenvalue weighted by atomic mass is 35.5. The summed E-state index contributed by atoms with van der Waals surface area (Å²) in [6.07, 6.45) is 4.88. The predicted octanol–water partition coefficient (Wildman–Crippen LogP) is 7.57. The molecule has 3 aromatic carbocycles. The molecule has 0 radical (unpaired) electrons. The molecule has 5 unspecified atom stereocenters. The van der Waals surface area contributed by atoms with Crippen molar-refractivity contribution in [2.24, 2.45) is 11.8 Å². The van der Waals surface area contributed by atoms with Crippen LogP contribution >= 0.6 is 23.2 Å². The summed E-state index contributed by atoms with van der Waals surface area (Å²) in [5.74, 6) is -0.974. The van der Waals surface area contributed by atoms with Gasteiger partial charge in [0.1, 0.15) is 12.6 Å². The lowest BCUT2D eigenvalue weighted by Crippen LogP contribution is -2.53. The second-order valence-electron chi connectivity index (χ2n) is 17.4. The Balaban J connectivity index is 0.000000333. The third-order valence-electron chi connectivity index (χ3n) is 11.7. The first-order valence-corrected chi connectivity index (χ1v) is 26.2. The topological polar surface area (TPSA) is 190 Å². The summed E-state index contributed by atoms with van der Waals surface area (Å²) < 4.78 is 29.1. The zero-order valence-electron chi connectivity index (χ0n) is 41.5. The van der Waals surface area contributed by atoms with E-state index in [2.05, 4.69) is 29.8 Å². The van der Waals surface area contributed by atoms with E-state index in [9.17, 15) is 33.0 Å². The minimum atomic E-state index is -1.01. The van der Waals surface area contributed by atoms with E-state index in [0.717, 1.165) is 41.2 Å². The minimum Gasteiger partial charge on any atom is -0.384 e. The van der Waals surface area contributed by atoms with Gasteiger partial charge in [0.15, 0.2) is 0 Å². The van der Waals surface area contributed by atoms with Gasteiger partial charge in [-0.05, 0) is 93.6 Å². The molecule has 0 aliphatic carbocycles. The molecule has 2 aliphatic rings. The van der Waals surface area contributed by atoms with Crippen LogP contribution in [0, 0.1) is 11.8 Å². The quantitative estimate of drug-likeness (QED) is 0.0368. The van der Waals surface area contributed by atoms with E-state index in [4.69, 9.17) is 37.4 Å². The Morgan fingerprint density at radius 2 is 1.40 bits per heavy atom. The molecule has 0 saturated carbocycles. The van der Waals surface area contributed by atoms with Crippen LogP contribution in [0.2, 0.25) is 10.0 Å². The highest BCUT2D eigenvalue weighted by Gasteiger charge is 2.43. The maximum absolute atomic E-state index is 13.3. The van der Waals surface area contributed by atoms with Crippen molar-refractivity contribution in [3.8, 4) is 0 Å². The Bertz CT molecular complexity index is 2100. The number of nitrogens with zero attached hydrogens (tertiary/aromatic N) is 2. The van der Waals surface area contributed by atoms with Crippen molar-refractivity contribution in [3.63, 3.8) is 0 Å². The molecule has 70 heavy (non-hydrogen) atoms. The monoisotopic (exact) mass is 1030 g/mol. The normalized spacial score (nSPS) is 16.7. The number of aldehydes is 2. The van der Waals surface area contributed by atoms with Crippen LogP contribution < -0.4 is 16.0 Å². The Morgan fingerprint density at radius 3 is 1.94 bits per heavy atom. The molecule has 0 bridgehead atoms. The summed E-state index contributed by atoms with van der Waals surface area (Å²) in [7, 11) is 2.39. The number of nitrogens with one attached hydrogen (secondary N) is 3. The van der Waals surface area contributed by atoms with Crippen LogP contribution in [0.3, 0.4) is 0 Å². The lowest BCUT2D eigenvalue weighted by molar-refractivity contribution is -0.147. The molecule has 5 rings (SSSR count). The molecule has 1 fully saturated rings. The first kappa shape index (κ1) is 59.8. The molecule has 0 spiro atoms. The van der Waals surface area contributed by atoms with Gasteiger partial charge < -0.3 is 44.6 Å². The highest BCUT2D eigenvalue weighted by Crippen LogP contribution is 2.39. The van der Waals surface area contributed by atoms with Crippen LogP contribution in [0.15, 0.2) is 72.8 Å². The van der Waals surface area contributed by atoms with Crippen LogP contribution in [0.1, 0.15) is 105 Å². The summed E-state index contributed by atoms with van der Waals surface area (Å²) in [5.41, 5.74) is 2.06. The largest absolute Gasteiger partial charge is 0.384 e. The molecule has 2 aliphatic heterocycles. The first-order chi connectivity index (χ1) is 33.7. The molecule has 4 amide bonds. The van der Waals surface area contributed by atoms with Gasteiger partial charge in [-0.2, -0.15) is 0 Å². The van der Waals surface area contributed by atoms with E-state index in [0.29, 0.717) is 81.8 Å². The Labute approximate surface area is 426 Å². The average molecular weight is 1030 g/mol. The molecule has 386 valence electrons. The van der Waals surface area contributed by atoms with Crippen molar-refractivity contribution in [1.29, 1.82) is 0 Å². The number of amides is 4. The number of ether oxygens (including phenoxy) is 3. The number of benzene rings is 3. The van der Waals surface area contributed by atoms with E-state index in [1.165, 1.54) is 7.05 Å². The zero-order chi connectivity index (χ0) is 51.4. The fraction of sp³-hybridized carbons (Fsp3) is 0.538. The average Bonchev–Trinajstić information content (AvgIpc) is 3.61. The third-order valence-corrected chi connectivity index (χ3v) is 13.9. The predicted molar refractivity (Wildman–Crippen MR) is 277 cm³/mol. The van der Waals surface area contributed by atoms with Gasteiger partial charge >= 0.3 is 0 Å². The van der Waals surface area contributed by atoms with Crippen LogP contribution in [0.5, 0.6) is 0 Å². The van der Waals surface area contributed by atoms with E-state index in [1.807, 2.05) is 80.4 Å². The fourth-order valence-corrected chi connectivity index (χ4v) is 9.34. The molecule has 3 aromatic rings. The number of imide groups is 1. The lowest BCUT2D eigenvalue weighted by atomic mass is 9.84. The van der Waals surface area contributed by atoms with Gasteiger partial charge in [-0.3, -0.25) is 28.3 Å². The smallest absolute Gasteiger partial charge is 0.264 e. The second-order valence-corrected chi connectivity index (χ2v) is 20.3. The molecule has 3 N–H and O–H groups in total. The maximum Gasteiger partial charge on any atom is 0.264 e. The van der Waals surface area contributed by atoms with E-state index in [1.54, 1.807) is 18.2 Å². The summed E-state index contributed by atoms with van der Waals surface area (Å²) in [6, 6.07) is 20.8. The number of anilines is 1. The molecule has 5 atom stereocenters. The maximum atomic E-state index is 13.3. The number of carbonyl (C=O) groups excluding carboxylic acids is 6.